The van der Waals surface area contributed by atoms with Crippen molar-refractivity contribution >= 4 is 5.91 Å². The van der Waals surface area contributed by atoms with E-state index in [-0.39, 0.29) is 18.0 Å². The molecule has 0 radical (unpaired) electrons. The van der Waals surface area contributed by atoms with E-state index in [4.69, 9.17) is 4.74 Å². The fraction of sp³-hybridized carbons (Fsp3) is 0.238. The van der Waals surface area contributed by atoms with Gasteiger partial charge in [-0.05, 0) is 24.6 Å². The first-order valence-electron chi connectivity index (χ1n) is 8.65. The number of amides is 1. The molecule has 1 amide bonds. The van der Waals surface area contributed by atoms with Gasteiger partial charge in [-0.25, -0.2) is 0 Å². The smallest absolute Gasteiger partial charge is 0.222 e. The van der Waals surface area contributed by atoms with Gasteiger partial charge in [0.2, 0.25) is 5.91 Å². The van der Waals surface area contributed by atoms with Gasteiger partial charge < -0.3 is 10.1 Å². The summed E-state index contributed by atoms with van der Waals surface area (Å²) in [6.07, 6.45) is 3.93. The number of nitrogens with zero attached hydrogens (tertiary/aromatic N) is 2. The van der Waals surface area contributed by atoms with Crippen LogP contribution in [0.2, 0.25) is 0 Å². The van der Waals surface area contributed by atoms with Crippen LogP contribution >= 0.6 is 0 Å². The minimum Gasteiger partial charge on any atom is -0.496 e. The summed E-state index contributed by atoms with van der Waals surface area (Å²) in [5, 5.41) is 7.37. The van der Waals surface area contributed by atoms with Crippen LogP contribution in [0.1, 0.15) is 36.6 Å². The summed E-state index contributed by atoms with van der Waals surface area (Å²) >= 11 is 0. The van der Waals surface area contributed by atoms with Crippen LogP contribution < -0.4 is 10.1 Å². The highest BCUT2D eigenvalue weighted by Crippen LogP contribution is 2.30. The fourth-order valence-electron chi connectivity index (χ4n) is 3.01. The van der Waals surface area contributed by atoms with Crippen molar-refractivity contribution in [2.75, 3.05) is 7.11 Å². The monoisotopic (exact) mass is 349 g/mol. The Morgan fingerprint density at radius 3 is 2.54 bits per heavy atom. The summed E-state index contributed by atoms with van der Waals surface area (Å²) in [6.45, 7) is 1.98. The van der Waals surface area contributed by atoms with Gasteiger partial charge in [-0.2, -0.15) is 5.10 Å². The van der Waals surface area contributed by atoms with Crippen molar-refractivity contribution in [3.63, 3.8) is 0 Å². The Bertz CT molecular complexity index is 831. The minimum absolute atomic E-state index is 0.0147. The summed E-state index contributed by atoms with van der Waals surface area (Å²) in [6, 6.07) is 19.2. The average Bonchev–Trinajstić information content (AvgIpc) is 3.22. The van der Waals surface area contributed by atoms with Gasteiger partial charge in [-0.3, -0.25) is 9.48 Å². The molecule has 0 bridgehead atoms. The fourth-order valence-corrected chi connectivity index (χ4v) is 3.01. The number of para-hydroxylation sites is 1. The third-order valence-electron chi connectivity index (χ3n) is 4.35. The van der Waals surface area contributed by atoms with E-state index < -0.39 is 0 Å². The van der Waals surface area contributed by atoms with Crippen LogP contribution in [-0.4, -0.2) is 22.8 Å². The van der Waals surface area contributed by atoms with E-state index in [9.17, 15) is 4.79 Å². The zero-order valence-corrected chi connectivity index (χ0v) is 15.0. The standard InChI is InChI=1S/C21H23N3O2/c1-16(24-14-8-13-22-24)15-20(25)23-21(17-9-4-3-5-10-17)18-11-6-7-12-19(18)26-2/h3-14,16,21H,15H2,1-2H3,(H,23,25)/t16-,21+/m0/s1. The highest BCUT2D eigenvalue weighted by atomic mass is 16.5. The van der Waals surface area contributed by atoms with E-state index in [1.165, 1.54) is 0 Å². The molecule has 3 rings (SSSR count). The van der Waals surface area contributed by atoms with Crippen molar-refractivity contribution in [3.8, 4) is 5.75 Å². The number of carbonyl (C=O) groups excluding carboxylic acids is 1. The number of aromatic nitrogens is 2. The second-order valence-electron chi connectivity index (χ2n) is 6.19. The Morgan fingerprint density at radius 1 is 1.12 bits per heavy atom. The molecule has 0 saturated heterocycles. The number of ether oxygens (including phenoxy) is 1. The number of hydrogen-bond donors (Lipinski definition) is 1. The van der Waals surface area contributed by atoms with E-state index in [1.807, 2.05) is 73.8 Å². The van der Waals surface area contributed by atoms with Crippen molar-refractivity contribution in [1.82, 2.24) is 15.1 Å². The van der Waals surface area contributed by atoms with Crippen LogP contribution in [0.25, 0.3) is 0 Å². The molecule has 0 fully saturated rings. The van der Waals surface area contributed by atoms with Crippen molar-refractivity contribution in [2.45, 2.75) is 25.4 Å². The van der Waals surface area contributed by atoms with Crippen molar-refractivity contribution in [2.24, 2.45) is 0 Å². The highest BCUT2D eigenvalue weighted by Gasteiger charge is 2.21. The van der Waals surface area contributed by atoms with Gasteiger partial charge >= 0.3 is 0 Å². The van der Waals surface area contributed by atoms with Crippen LogP contribution in [0.3, 0.4) is 0 Å². The normalized spacial score (nSPS) is 13.0. The lowest BCUT2D eigenvalue weighted by atomic mass is 9.97. The lowest BCUT2D eigenvalue weighted by Crippen LogP contribution is -2.31. The number of carbonyl (C=O) groups is 1. The molecule has 26 heavy (non-hydrogen) atoms. The molecule has 0 spiro atoms. The Balaban J connectivity index is 1.83. The molecular formula is C21H23N3O2. The quantitative estimate of drug-likeness (QED) is 0.707. The summed E-state index contributed by atoms with van der Waals surface area (Å²) in [5.74, 6) is 0.717. The number of methoxy groups -OCH3 is 1. The van der Waals surface area contributed by atoms with Gasteiger partial charge in [-0.15, -0.1) is 0 Å². The first-order valence-corrected chi connectivity index (χ1v) is 8.65. The molecule has 1 N–H and O–H groups in total. The van der Waals surface area contributed by atoms with Crippen LogP contribution in [-0.2, 0) is 4.79 Å². The predicted octanol–water partition coefficient (Wildman–Crippen LogP) is 3.75. The molecule has 5 heteroatoms. The maximum atomic E-state index is 12.7. The third kappa shape index (κ3) is 4.11. The Kier molecular flexibility index (Phi) is 5.69. The zero-order chi connectivity index (χ0) is 18.4. The number of benzene rings is 2. The summed E-state index contributed by atoms with van der Waals surface area (Å²) in [5.41, 5.74) is 1.94. The molecule has 1 heterocycles. The molecule has 2 aromatic carbocycles. The SMILES string of the molecule is COc1ccccc1[C@H](NC(=O)C[C@H](C)n1cccn1)c1ccccc1. The Morgan fingerprint density at radius 2 is 1.85 bits per heavy atom. The topological polar surface area (TPSA) is 56.1 Å². The van der Waals surface area contributed by atoms with Crippen molar-refractivity contribution < 1.29 is 9.53 Å². The molecule has 0 aliphatic heterocycles. The molecule has 0 aliphatic rings. The van der Waals surface area contributed by atoms with Gasteiger partial charge in [0, 0.05) is 24.4 Å². The lowest BCUT2D eigenvalue weighted by Gasteiger charge is -2.23. The summed E-state index contributed by atoms with van der Waals surface area (Å²) < 4.78 is 7.30. The van der Waals surface area contributed by atoms with E-state index in [2.05, 4.69) is 10.4 Å². The predicted molar refractivity (Wildman–Crippen MR) is 101 cm³/mol. The lowest BCUT2D eigenvalue weighted by molar-refractivity contribution is -0.122. The van der Waals surface area contributed by atoms with E-state index in [0.29, 0.717) is 6.42 Å². The van der Waals surface area contributed by atoms with Gasteiger partial charge in [0.25, 0.3) is 0 Å². The van der Waals surface area contributed by atoms with E-state index in [0.717, 1.165) is 16.9 Å². The Labute approximate surface area is 153 Å². The van der Waals surface area contributed by atoms with Crippen LogP contribution in [0.4, 0.5) is 0 Å². The molecule has 0 unspecified atom stereocenters. The molecule has 0 saturated carbocycles. The largest absolute Gasteiger partial charge is 0.496 e. The van der Waals surface area contributed by atoms with Gasteiger partial charge in [-0.1, -0.05) is 48.5 Å². The number of rotatable bonds is 7. The molecule has 0 aliphatic carbocycles. The maximum Gasteiger partial charge on any atom is 0.222 e. The molecule has 3 aromatic rings. The van der Waals surface area contributed by atoms with Crippen LogP contribution in [0, 0.1) is 0 Å². The Hall–Kier alpha value is -3.08. The molecule has 5 nitrogen and oxygen atoms in total. The molecular weight excluding hydrogens is 326 g/mol. The highest BCUT2D eigenvalue weighted by molar-refractivity contribution is 5.77. The van der Waals surface area contributed by atoms with Gasteiger partial charge in [0.05, 0.1) is 19.2 Å². The molecule has 134 valence electrons. The zero-order valence-electron chi connectivity index (χ0n) is 15.0. The second-order valence-corrected chi connectivity index (χ2v) is 6.19. The van der Waals surface area contributed by atoms with Gasteiger partial charge in [0.1, 0.15) is 5.75 Å². The average molecular weight is 349 g/mol. The summed E-state index contributed by atoms with van der Waals surface area (Å²) in [7, 11) is 1.64. The van der Waals surface area contributed by atoms with Crippen molar-refractivity contribution in [1.29, 1.82) is 0 Å². The van der Waals surface area contributed by atoms with Crippen molar-refractivity contribution in [3.05, 3.63) is 84.2 Å². The first-order chi connectivity index (χ1) is 12.7. The van der Waals surface area contributed by atoms with Crippen LogP contribution in [0.5, 0.6) is 5.75 Å². The third-order valence-corrected chi connectivity index (χ3v) is 4.35. The summed E-state index contributed by atoms with van der Waals surface area (Å²) in [4.78, 5) is 12.7. The first kappa shape index (κ1) is 17.7. The van der Waals surface area contributed by atoms with E-state index >= 15 is 0 Å². The van der Waals surface area contributed by atoms with Crippen LogP contribution in [0.15, 0.2) is 73.1 Å². The van der Waals surface area contributed by atoms with Gasteiger partial charge in [0.15, 0.2) is 0 Å². The minimum atomic E-state index is -0.273. The molecule has 1 aromatic heterocycles. The molecule has 2 atom stereocenters. The number of nitrogens with one attached hydrogen (secondary N) is 1. The number of hydrogen-bond acceptors (Lipinski definition) is 3. The maximum absolute atomic E-state index is 12.7. The second kappa shape index (κ2) is 8.34. The van der Waals surface area contributed by atoms with E-state index in [1.54, 1.807) is 18.0 Å².